The van der Waals surface area contributed by atoms with E-state index in [1.807, 2.05) is 41.3 Å². The SMILES string of the molecule is CN1CCN(C(=O)c2ccc3[nH]c(-c4n[nH]c5c4CC4C(F)(F)C4(C)C5)cc3c2)CC1.CNC(=O)CCC(C=O)c1ccc(N2CCCC2)cc1. The minimum absolute atomic E-state index is 0.0227. The highest BCUT2D eigenvalue weighted by molar-refractivity contribution is 5.99. The molecule has 2 aliphatic carbocycles. The normalized spacial score (nSPS) is 22.8. The van der Waals surface area contributed by atoms with Gasteiger partial charge in [-0.3, -0.25) is 14.7 Å². The number of amides is 2. The minimum atomic E-state index is -2.61. The Balaban J connectivity index is 0.000000177. The largest absolute Gasteiger partial charge is 0.372 e. The van der Waals surface area contributed by atoms with Crippen molar-refractivity contribution in [3.63, 3.8) is 0 Å². The Morgan fingerprint density at radius 3 is 2.45 bits per heavy atom. The van der Waals surface area contributed by atoms with Crippen molar-refractivity contribution in [1.29, 1.82) is 0 Å². The number of hydrogen-bond acceptors (Lipinski definition) is 6. The summed E-state index contributed by atoms with van der Waals surface area (Å²) < 4.78 is 28.5. The second-order valence-corrected chi connectivity index (χ2v) is 14.8. The van der Waals surface area contributed by atoms with Gasteiger partial charge in [0, 0.05) is 110 Å². The molecule has 10 nitrogen and oxygen atoms in total. The van der Waals surface area contributed by atoms with Crippen molar-refractivity contribution in [2.75, 3.05) is 58.3 Å². The number of carbonyl (C=O) groups is 3. The zero-order valence-electron chi connectivity index (χ0n) is 29.6. The Labute approximate surface area is 296 Å². The van der Waals surface area contributed by atoms with Gasteiger partial charge in [-0.05, 0) is 74.7 Å². The molecule has 8 rings (SSSR count). The highest BCUT2D eigenvalue weighted by atomic mass is 19.3. The van der Waals surface area contributed by atoms with Crippen molar-refractivity contribution in [3.05, 3.63) is 70.9 Å². The number of fused-ring (bicyclic) bond motifs is 3. The monoisotopic (exact) mass is 699 g/mol. The van der Waals surface area contributed by atoms with Gasteiger partial charge in [-0.15, -0.1) is 0 Å². The third kappa shape index (κ3) is 6.66. The lowest BCUT2D eigenvalue weighted by Gasteiger charge is -2.32. The molecule has 1 saturated carbocycles. The Morgan fingerprint density at radius 2 is 1.76 bits per heavy atom. The summed E-state index contributed by atoms with van der Waals surface area (Å²) in [7, 11) is 3.68. The number of aldehydes is 1. The summed E-state index contributed by atoms with van der Waals surface area (Å²) >= 11 is 0. The van der Waals surface area contributed by atoms with Crippen LogP contribution in [0.25, 0.3) is 22.3 Å². The van der Waals surface area contributed by atoms with E-state index in [4.69, 9.17) is 0 Å². The number of piperazine rings is 1. The van der Waals surface area contributed by atoms with Crippen LogP contribution in [0.1, 0.15) is 65.7 Å². The van der Waals surface area contributed by atoms with E-state index in [1.54, 1.807) is 14.0 Å². The highest BCUT2D eigenvalue weighted by Gasteiger charge is 2.78. The lowest BCUT2D eigenvalue weighted by atomic mass is 9.87. The molecule has 2 saturated heterocycles. The number of carbonyl (C=O) groups excluding carboxylic acids is 3. The molecule has 3 unspecified atom stereocenters. The first-order chi connectivity index (χ1) is 24.5. The lowest BCUT2D eigenvalue weighted by molar-refractivity contribution is -0.120. The van der Waals surface area contributed by atoms with Crippen LogP contribution >= 0.6 is 0 Å². The summed E-state index contributed by atoms with van der Waals surface area (Å²) in [5.74, 6) is -3.39. The molecule has 0 bridgehead atoms. The molecule has 2 aromatic heterocycles. The van der Waals surface area contributed by atoms with E-state index in [9.17, 15) is 23.2 Å². The van der Waals surface area contributed by atoms with Crippen LogP contribution in [-0.2, 0) is 22.4 Å². The molecule has 3 fully saturated rings. The smallest absolute Gasteiger partial charge is 0.258 e. The number of aromatic amines is 2. The number of nitrogens with zero attached hydrogens (tertiary/aromatic N) is 4. The summed E-state index contributed by atoms with van der Waals surface area (Å²) in [5.41, 5.74) is 6.05. The molecule has 4 heterocycles. The van der Waals surface area contributed by atoms with Crippen LogP contribution in [0.3, 0.4) is 0 Å². The Hall–Kier alpha value is -4.58. The van der Waals surface area contributed by atoms with E-state index < -0.39 is 17.3 Å². The van der Waals surface area contributed by atoms with E-state index in [0.29, 0.717) is 36.9 Å². The average Bonchev–Trinajstić information content (AvgIpc) is 3.78. The summed E-state index contributed by atoms with van der Waals surface area (Å²) in [4.78, 5) is 45.2. The third-order valence-corrected chi connectivity index (χ3v) is 11.6. The molecule has 51 heavy (non-hydrogen) atoms. The fourth-order valence-corrected chi connectivity index (χ4v) is 8.05. The van der Waals surface area contributed by atoms with Gasteiger partial charge in [-0.25, -0.2) is 8.78 Å². The first-order valence-corrected chi connectivity index (χ1v) is 18.1. The van der Waals surface area contributed by atoms with Crippen LogP contribution in [0.2, 0.25) is 0 Å². The molecule has 3 atom stereocenters. The Bertz CT molecular complexity index is 1910. The Kier molecular flexibility index (Phi) is 9.47. The van der Waals surface area contributed by atoms with Crippen LogP contribution in [-0.4, -0.2) is 102 Å². The molecule has 0 radical (unpaired) electrons. The summed E-state index contributed by atoms with van der Waals surface area (Å²) in [6.45, 7) is 7.13. The highest BCUT2D eigenvalue weighted by Crippen LogP contribution is 2.70. The van der Waals surface area contributed by atoms with Gasteiger partial charge in [0.15, 0.2) is 0 Å². The number of halogens is 2. The van der Waals surface area contributed by atoms with E-state index in [0.717, 1.165) is 79.0 Å². The number of benzene rings is 2. The second-order valence-electron chi connectivity index (χ2n) is 14.8. The molecule has 2 aliphatic heterocycles. The number of likely N-dealkylation sites (N-methyl/N-ethyl adjacent to an activating group) is 1. The summed E-state index contributed by atoms with van der Waals surface area (Å²) in [6, 6.07) is 15.8. The first kappa shape index (κ1) is 34.9. The number of rotatable bonds is 8. The average molecular weight is 700 g/mol. The molecule has 3 N–H and O–H groups in total. The van der Waals surface area contributed by atoms with Gasteiger partial charge < -0.3 is 29.8 Å². The zero-order valence-corrected chi connectivity index (χ0v) is 29.6. The fraction of sp³-hybridized carbons (Fsp3) is 0.487. The molecule has 0 spiro atoms. The van der Waals surface area contributed by atoms with Crippen molar-refractivity contribution < 1.29 is 23.2 Å². The van der Waals surface area contributed by atoms with E-state index in [-0.39, 0.29) is 17.7 Å². The van der Waals surface area contributed by atoms with Crippen LogP contribution in [0.5, 0.6) is 0 Å². The number of aromatic nitrogens is 3. The van der Waals surface area contributed by atoms with Gasteiger partial charge in [0.25, 0.3) is 11.8 Å². The maximum Gasteiger partial charge on any atom is 0.258 e. The van der Waals surface area contributed by atoms with Crippen LogP contribution in [0.15, 0.2) is 48.5 Å². The third-order valence-electron chi connectivity index (χ3n) is 11.6. The van der Waals surface area contributed by atoms with Crippen LogP contribution < -0.4 is 10.2 Å². The topological polar surface area (TPSA) is 117 Å². The van der Waals surface area contributed by atoms with Gasteiger partial charge in [0.2, 0.25) is 5.91 Å². The van der Waals surface area contributed by atoms with E-state index >= 15 is 0 Å². The Morgan fingerprint density at radius 1 is 1.04 bits per heavy atom. The number of alkyl halides is 2. The summed E-state index contributed by atoms with van der Waals surface area (Å²) in [5, 5.41) is 11.0. The van der Waals surface area contributed by atoms with Crippen molar-refractivity contribution in [2.45, 2.75) is 57.3 Å². The van der Waals surface area contributed by atoms with E-state index in [1.165, 1.54) is 18.5 Å². The van der Waals surface area contributed by atoms with Gasteiger partial charge in [-0.2, -0.15) is 5.10 Å². The zero-order chi connectivity index (χ0) is 35.9. The number of hydrogen-bond donors (Lipinski definition) is 3. The lowest BCUT2D eigenvalue weighted by Crippen LogP contribution is -2.47. The van der Waals surface area contributed by atoms with Gasteiger partial charge in [0.1, 0.15) is 12.0 Å². The van der Waals surface area contributed by atoms with Crippen LogP contribution in [0.4, 0.5) is 14.5 Å². The second kappa shape index (κ2) is 13.9. The maximum atomic E-state index is 14.2. The standard InChI is InChI=1S/C23H25F2N5O.C16H22N2O2/c1-22-12-18-15(11-19(22)23(22,24)25)20(28-27-18)17-10-14-9-13(3-4-16(14)26-17)21(31)30-7-5-29(2)6-8-30;1-17-16(20)9-6-14(12-19)13-4-7-15(8-5-13)18-10-2-3-11-18/h3-4,9-10,19,26H,5-8,11-12H2,1-2H3,(H,27,28);4-5,7-8,12,14H,2-3,6,9-11H2,1H3,(H,17,20). The van der Waals surface area contributed by atoms with Crippen molar-refractivity contribution in [1.82, 2.24) is 30.3 Å². The number of nitrogens with one attached hydrogen (secondary N) is 3. The molecule has 2 amide bonds. The van der Waals surface area contributed by atoms with Gasteiger partial charge in [-0.1, -0.05) is 19.1 Å². The number of H-pyrrole nitrogens is 2. The van der Waals surface area contributed by atoms with Gasteiger partial charge in [0.05, 0.1) is 5.69 Å². The number of anilines is 1. The molecular weight excluding hydrogens is 652 g/mol. The van der Waals surface area contributed by atoms with E-state index in [2.05, 4.69) is 49.5 Å². The fourth-order valence-electron chi connectivity index (χ4n) is 8.05. The molecule has 4 aromatic rings. The molecule has 4 aliphatic rings. The predicted molar refractivity (Wildman–Crippen MR) is 193 cm³/mol. The van der Waals surface area contributed by atoms with Crippen molar-refractivity contribution in [3.8, 4) is 11.4 Å². The first-order valence-electron chi connectivity index (χ1n) is 18.1. The quantitative estimate of drug-likeness (QED) is 0.212. The minimum Gasteiger partial charge on any atom is -0.372 e. The predicted octanol–water partition coefficient (Wildman–Crippen LogP) is 5.41. The molecule has 270 valence electrons. The molecular formula is C39H47F2N7O3. The van der Waals surface area contributed by atoms with Crippen molar-refractivity contribution in [2.24, 2.45) is 11.3 Å². The van der Waals surface area contributed by atoms with Crippen LogP contribution in [0, 0.1) is 11.3 Å². The molecule has 12 heteroatoms. The summed E-state index contributed by atoms with van der Waals surface area (Å²) in [6.07, 6.45) is 5.06. The van der Waals surface area contributed by atoms with Gasteiger partial charge >= 0.3 is 0 Å². The molecule has 2 aromatic carbocycles. The van der Waals surface area contributed by atoms with Crippen molar-refractivity contribution >= 4 is 34.7 Å². The maximum absolute atomic E-state index is 14.2.